The van der Waals surface area contributed by atoms with E-state index in [4.69, 9.17) is 0 Å². The molecule has 1 aliphatic heterocycles. The molecule has 1 saturated heterocycles. The minimum Gasteiger partial charge on any atom is -0.336 e. The Balaban J connectivity index is 2.00. The van der Waals surface area contributed by atoms with Crippen molar-refractivity contribution in [2.45, 2.75) is 38.6 Å². The summed E-state index contributed by atoms with van der Waals surface area (Å²) in [5.41, 5.74) is 0. The first-order chi connectivity index (χ1) is 9.20. The minimum absolute atomic E-state index is 0.179. The van der Waals surface area contributed by atoms with Gasteiger partial charge in [-0.15, -0.1) is 11.3 Å². The molecule has 2 heterocycles. The van der Waals surface area contributed by atoms with E-state index in [-0.39, 0.29) is 5.91 Å². The van der Waals surface area contributed by atoms with Crippen LogP contribution in [0.1, 0.15) is 42.3 Å². The predicted molar refractivity (Wildman–Crippen MR) is 83.9 cm³/mol. The van der Waals surface area contributed by atoms with E-state index in [1.165, 1.54) is 24.2 Å². The van der Waals surface area contributed by atoms with Gasteiger partial charge in [0.05, 0.1) is 8.66 Å². The van der Waals surface area contributed by atoms with Crippen LogP contribution in [0.5, 0.6) is 0 Å². The lowest BCUT2D eigenvalue weighted by Crippen LogP contribution is -2.41. The molecule has 2 rings (SSSR count). The van der Waals surface area contributed by atoms with Crippen LogP contribution >= 0.6 is 27.3 Å². The number of nitrogens with zero attached hydrogens (tertiary/aromatic N) is 1. The molecule has 1 amide bonds. The van der Waals surface area contributed by atoms with E-state index in [1.54, 1.807) is 0 Å². The van der Waals surface area contributed by atoms with Crippen molar-refractivity contribution in [1.82, 2.24) is 10.2 Å². The average Bonchev–Trinajstić information content (AvgIpc) is 3.05. The van der Waals surface area contributed by atoms with E-state index < -0.39 is 0 Å². The number of nitrogens with one attached hydrogen (secondary N) is 1. The number of rotatable bonds is 6. The Morgan fingerprint density at radius 1 is 1.58 bits per heavy atom. The first-order valence-corrected chi connectivity index (χ1v) is 8.59. The second-order valence-electron chi connectivity index (χ2n) is 5.00. The van der Waals surface area contributed by atoms with Gasteiger partial charge in [0.2, 0.25) is 0 Å². The molecule has 19 heavy (non-hydrogen) atoms. The molecule has 0 spiro atoms. The number of hydrogen-bond donors (Lipinski definition) is 1. The molecule has 3 nitrogen and oxygen atoms in total. The number of carbonyl (C=O) groups is 1. The van der Waals surface area contributed by atoms with Crippen molar-refractivity contribution < 1.29 is 4.79 Å². The molecule has 1 aromatic heterocycles. The van der Waals surface area contributed by atoms with Crippen LogP contribution in [-0.2, 0) is 0 Å². The monoisotopic (exact) mass is 344 g/mol. The van der Waals surface area contributed by atoms with Crippen LogP contribution in [-0.4, -0.2) is 36.5 Å². The standard InChI is InChI=1S/C14H21BrN2OS/c1-2-3-9-17(10-11-5-4-8-16-11)14(18)12-6-7-13(15)19-12/h6-7,11,16H,2-5,8-10H2,1H3. The maximum Gasteiger partial charge on any atom is 0.264 e. The number of carbonyl (C=O) groups excluding carboxylic acids is 1. The van der Waals surface area contributed by atoms with Gasteiger partial charge in [0, 0.05) is 19.1 Å². The highest BCUT2D eigenvalue weighted by Crippen LogP contribution is 2.24. The number of unbranched alkanes of at least 4 members (excludes halogenated alkanes) is 1. The zero-order chi connectivity index (χ0) is 13.7. The van der Waals surface area contributed by atoms with Gasteiger partial charge in [-0.25, -0.2) is 0 Å². The molecule has 1 atom stereocenters. The predicted octanol–water partition coefficient (Wildman–Crippen LogP) is 3.50. The summed E-state index contributed by atoms with van der Waals surface area (Å²) in [4.78, 5) is 15.4. The van der Waals surface area contributed by atoms with E-state index in [0.717, 1.165) is 41.1 Å². The summed E-state index contributed by atoms with van der Waals surface area (Å²) in [5.74, 6) is 0.179. The second-order valence-corrected chi connectivity index (χ2v) is 7.46. The van der Waals surface area contributed by atoms with E-state index in [2.05, 4.69) is 28.2 Å². The Kier molecular flexibility index (Phi) is 5.85. The normalized spacial score (nSPS) is 18.7. The first-order valence-electron chi connectivity index (χ1n) is 6.98. The van der Waals surface area contributed by atoms with Crippen molar-refractivity contribution >= 4 is 33.2 Å². The van der Waals surface area contributed by atoms with Gasteiger partial charge in [-0.05, 0) is 53.9 Å². The maximum absolute atomic E-state index is 12.5. The molecule has 1 N–H and O–H groups in total. The quantitative estimate of drug-likeness (QED) is 0.856. The molecular formula is C14H21BrN2OS. The SMILES string of the molecule is CCCCN(CC1CCCN1)C(=O)c1ccc(Br)s1. The fourth-order valence-corrected chi connectivity index (χ4v) is 3.74. The summed E-state index contributed by atoms with van der Waals surface area (Å²) in [7, 11) is 0. The molecule has 0 saturated carbocycles. The van der Waals surface area contributed by atoms with Crippen LogP contribution in [0.15, 0.2) is 15.9 Å². The third-order valence-corrected chi connectivity index (χ3v) is 5.07. The summed E-state index contributed by atoms with van der Waals surface area (Å²) in [6.07, 6.45) is 4.61. The number of thiophene rings is 1. The van der Waals surface area contributed by atoms with Crippen molar-refractivity contribution in [2.24, 2.45) is 0 Å². The van der Waals surface area contributed by atoms with Gasteiger partial charge in [0.15, 0.2) is 0 Å². The lowest BCUT2D eigenvalue weighted by molar-refractivity contribution is 0.0744. The summed E-state index contributed by atoms with van der Waals surface area (Å²) in [6.45, 7) is 4.96. The van der Waals surface area contributed by atoms with Crippen LogP contribution in [0, 0.1) is 0 Å². The lowest BCUT2D eigenvalue weighted by Gasteiger charge is -2.25. The van der Waals surface area contributed by atoms with E-state index in [1.807, 2.05) is 17.0 Å². The van der Waals surface area contributed by atoms with Crippen LogP contribution in [0.4, 0.5) is 0 Å². The molecule has 1 aliphatic rings. The zero-order valence-electron chi connectivity index (χ0n) is 11.3. The van der Waals surface area contributed by atoms with Crippen molar-refractivity contribution in [1.29, 1.82) is 0 Å². The molecular weight excluding hydrogens is 324 g/mol. The minimum atomic E-state index is 0.179. The molecule has 0 aliphatic carbocycles. The molecule has 1 aromatic rings. The maximum atomic E-state index is 12.5. The second kappa shape index (κ2) is 7.41. The van der Waals surface area contributed by atoms with Crippen molar-refractivity contribution in [3.05, 3.63) is 20.8 Å². The van der Waals surface area contributed by atoms with Gasteiger partial charge in [0.25, 0.3) is 5.91 Å². The van der Waals surface area contributed by atoms with Gasteiger partial charge in [-0.2, -0.15) is 0 Å². The van der Waals surface area contributed by atoms with Crippen molar-refractivity contribution in [3.8, 4) is 0 Å². The third-order valence-electron chi connectivity index (χ3n) is 3.46. The number of hydrogen-bond acceptors (Lipinski definition) is 3. The highest BCUT2D eigenvalue weighted by molar-refractivity contribution is 9.11. The average molecular weight is 345 g/mol. The Morgan fingerprint density at radius 2 is 2.42 bits per heavy atom. The Morgan fingerprint density at radius 3 is 3.00 bits per heavy atom. The Hall–Kier alpha value is -0.390. The fraction of sp³-hybridized carbons (Fsp3) is 0.643. The van der Waals surface area contributed by atoms with E-state index >= 15 is 0 Å². The first kappa shape index (κ1) is 15.0. The molecule has 0 aromatic carbocycles. The summed E-state index contributed by atoms with van der Waals surface area (Å²) in [6, 6.07) is 4.34. The van der Waals surface area contributed by atoms with Crippen LogP contribution in [0.25, 0.3) is 0 Å². The van der Waals surface area contributed by atoms with Gasteiger partial charge in [-0.3, -0.25) is 4.79 Å². The van der Waals surface area contributed by atoms with Crippen LogP contribution in [0.2, 0.25) is 0 Å². The molecule has 0 radical (unpaired) electrons. The molecule has 106 valence electrons. The third kappa shape index (κ3) is 4.29. The Bertz CT molecular complexity index is 415. The number of amides is 1. The summed E-state index contributed by atoms with van der Waals surface area (Å²) < 4.78 is 1.02. The Labute approximate surface area is 127 Å². The van der Waals surface area contributed by atoms with E-state index in [9.17, 15) is 4.79 Å². The smallest absolute Gasteiger partial charge is 0.264 e. The molecule has 1 fully saturated rings. The van der Waals surface area contributed by atoms with E-state index in [0.29, 0.717) is 6.04 Å². The van der Waals surface area contributed by atoms with Crippen molar-refractivity contribution in [3.63, 3.8) is 0 Å². The van der Waals surface area contributed by atoms with Crippen molar-refractivity contribution in [2.75, 3.05) is 19.6 Å². The molecule has 5 heteroatoms. The van der Waals surface area contributed by atoms with Gasteiger partial charge < -0.3 is 10.2 Å². The molecule has 1 unspecified atom stereocenters. The topological polar surface area (TPSA) is 32.3 Å². The summed E-state index contributed by atoms with van der Waals surface area (Å²) >= 11 is 4.95. The highest BCUT2D eigenvalue weighted by atomic mass is 79.9. The fourth-order valence-electron chi connectivity index (χ4n) is 2.39. The van der Waals surface area contributed by atoms with Gasteiger partial charge >= 0.3 is 0 Å². The van der Waals surface area contributed by atoms with Gasteiger partial charge in [0.1, 0.15) is 0 Å². The lowest BCUT2D eigenvalue weighted by atomic mass is 10.2. The zero-order valence-corrected chi connectivity index (χ0v) is 13.7. The van der Waals surface area contributed by atoms with Gasteiger partial charge in [-0.1, -0.05) is 13.3 Å². The summed E-state index contributed by atoms with van der Waals surface area (Å²) in [5, 5.41) is 3.48. The number of halogens is 1. The van der Waals surface area contributed by atoms with Crippen LogP contribution < -0.4 is 5.32 Å². The molecule has 0 bridgehead atoms. The largest absolute Gasteiger partial charge is 0.336 e. The van der Waals surface area contributed by atoms with Crippen LogP contribution in [0.3, 0.4) is 0 Å². The highest BCUT2D eigenvalue weighted by Gasteiger charge is 2.22.